The summed E-state index contributed by atoms with van der Waals surface area (Å²) in [4.78, 5) is 0. The van der Waals surface area contributed by atoms with Gasteiger partial charge in [-0.2, -0.15) is 0 Å². The maximum atomic E-state index is 13.6. The minimum Gasteiger partial charge on any atom is -0.483 e. The Hall–Kier alpha value is -2.81. The molecule has 3 rings (SSSR count). The lowest BCUT2D eigenvalue weighted by molar-refractivity contribution is 0.0963. The van der Waals surface area contributed by atoms with Gasteiger partial charge >= 0.3 is 0 Å². The number of nitrogen functional groups attached to an aromatic ring is 1. The Morgan fingerprint density at radius 3 is 2.52 bits per heavy atom. The number of nitrogens with two attached hydrogens (primary N) is 1. The van der Waals surface area contributed by atoms with Gasteiger partial charge in [0.1, 0.15) is 17.2 Å². The number of hydrogen-bond acceptors (Lipinski definition) is 2. The van der Waals surface area contributed by atoms with Crippen LogP contribution in [-0.2, 0) is 4.74 Å². The van der Waals surface area contributed by atoms with Crippen LogP contribution in [0.2, 0.25) is 0 Å². The van der Waals surface area contributed by atoms with E-state index < -0.39 is 5.60 Å². The molecule has 0 amide bonds. The first-order valence-corrected chi connectivity index (χ1v) is 9.02. The van der Waals surface area contributed by atoms with Gasteiger partial charge in [-0.05, 0) is 69.0 Å². The lowest BCUT2D eigenvalue weighted by Crippen LogP contribution is -2.23. The molecular formula is C24H28FNO. The SMILES string of the molecule is C=C.C=CC1=CC=C(C2=C/C(=C(\C)c3cc(F)ccc3N)OC2(C)C)CC1. The largest absolute Gasteiger partial charge is 0.483 e. The summed E-state index contributed by atoms with van der Waals surface area (Å²) in [6, 6.07) is 4.41. The number of rotatable bonds is 3. The maximum absolute atomic E-state index is 13.6. The van der Waals surface area contributed by atoms with Crippen LogP contribution in [-0.4, -0.2) is 5.60 Å². The summed E-state index contributed by atoms with van der Waals surface area (Å²) in [5.74, 6) is 0.444. The number of hydrogen-bond donors (Lipinski definition) is 1. The molecule has 2 aliphatic rings. The molecule has 0 spiro atoms. The molecule has 27 heavy (non-hydrogen) atoms. The van der Waals surface area contributed by atoms with E-state index in [1.165, 1.54) is 23.3 Å². The van der Waals surface area contributed by atoms with E-state index in [1.807, 2.05) is 13.0 Å². The van der Waals surface area contributed by atoms with Crippen molar-refractivity contribution in [2.45, 2.75) is 39.2 Å². The van der Waals surface area contributed by atoms with E-state index in [0.717, 1.165) is 29.7 Å². The third kappa shape index (κ3) is 4.30. The Kier molecular flexibility index (Phi) is 6.27. The molecule has 0 fully saturated rings. The second kappa shape index (κ2) is 8.26. The van der Waals surface area contributed by atoms with Crippen molar-refractivity contribution in [1.82, 2.24) is 0 Å². The van der Waals surface area contributed by atoms with Crippen LogP contribution in [0.3, 0.4) is 0 Å². The molecule has 2 N–H and O–H groups in total. The molecule has 3 heteroatoms. The highest BCUT2D eigenvalue weighted by Crippen LogP contribution is 2.42. The number of allylic oxidation sites excluding steroid dienone is 6. The van der Waals surface area contributed by atoms with Gasteiger partial charge in [-0.15, -0.1) is 13.2 Å². The van der Waals surface area contributed by atoms with Gasteiger partial charge in [0.05, 0.1) is 0 Å². The molecule has 1 aliphatic carbocycles. The smallest absolute Gasteiger partial charge is 0.129 e. The number of anilines is 1. The fraction of sp³-hybridized carbons (Fsp3) is 0.250. The molecular weight excluding hydrogens is 337 g/mol. The zero-order chi connectivity index (χ0) is 20.2. The van der Waals surface area contributed by atoms with Crippen LogP contribution < -0.4 is 5.73 Å². The molecule has 0 atom stereocenters. The van der Waals surface area contributed by atoms with E-state index in [4.69, 9.17) is 10.5 Å². The lowest BCUT2D eigenvalue weighted by Gasteiger charge is -2.26. The Labute approximate surface area is 161 Å². The molecule has 0 aromatic heterocycles. The molecule has 0 saturated heterocycles. The van der Waals surface area contributed by atoms with Crippen LogP contribution in [0.5, 0.6) is 0 Å². The zero-order valence-electron chi connectivity index (χ0n) is 16.4. The van der Waals surface area contributed by atoms with Crippen molar-refractivity contribution in [3.05, 3.63) is 96.1 Å². The molecule has 0 unspecified atom stereocenters. The van der Waals surface area contributed by atoms with Crippen molar-refractivity contribution in [3.8, 4) is 0 Å². The van der Waals surface area contributed by atoms with Gasteiger partial charge in [-0.25, -0.2) is 4.39 Å². The number of ether oxygens (including phenoxy) is 1. The minimum absolute atomic E-state index is 0.303. The van der Waals surface area contributed by atoms with Gasteiger partial charge < -0.3 is 10.5 Å². The summed E-state index contributed by atoms with van der Waals surface area (Å²) in [7, 11) is 0. The van der Waals surface area contributed by atoms with Crippen molar-refractivity contribution < 1.29 is 9.13 Å². The predicted molar refractivity (Wildman–Crippen MR) is 114 cm³/mol. The number of benzene rings is 1. The quantitative estimate of drug-likeness (QED) is 0.489. The van der Waals surface area contributed by atoms with Crippen LogP contribution in [0.15, 0.2) is 84.7 Å². The molecule has 2 nitrogen and oxygen atoms in total. The molecule has 0 saturated carbocycles. The van der Waals surface area contributed by atoms with Crippen LogP contribution in [0.1, 0.15) is 39.2 Å². The molecule has 1 aromatic rings. The monoisotopic (exact) mass is 365 g/mol. The predicted octanol–water partition coefficient (Wildman–Crippen LogP) is 6.51. The molecule has 1 heterocycles. The van der Waals surface area contributed by atoms with E-state index >= 15 is 0 Å². The summed E-state index contributed by atoms with van der Waals surface area (Å²) in [6.45, 7) is 15.9. The van der Waals surface area contributed by atoms with Gasteiger partial charge in [0.2, 0.25) is 0 Å². The molecule has 142 valence electrons. The fourth-order valence-corrected chi connectivity index (χ4v) is 3.36. The molecule has 0 radical (unpaired) electrons. The highest BCUT2D eigenvalue weighted by Gasteiger charge is 2.35. The van der Waals surface area contributed by atoms with E-state index in [0.29, 0.717) is 11.3 Å². The highest BCUT2D eigenvalue weighted by molar-refractivity contribution is 5.77. The molecule has 1 aromatic carbocycles. The van der Waals surface area contributed by atoms with E-state index in [1.54, 1.807) is 6.07 Å². The van der Waals surface area contributed by atoms with Gasteiger partial charge in [0.25, 0.3) is 0 Å². The van der Waals surface area contributed by atoms with Crippen molar-refractivity contribution in [1.29, 1.82) is 0 Å². The average Bonchev–Trinajstić information content (AvgIpc) is 3.00. The van der Waals surface area contributed by atoms with Gasteiger partial charge in [0.15, 0.2) is 0 Å². The highest BCUT2D eigenvalue weighted by atomic mass is 19.1. The maximum Gasteiger partial charge on any atom is 0.129 e. The Balaban J connectivity index is 0.00000126. The van der Waals surface area contributed by atoms with Crippen molar-refractivity contribution in [2.24, 2.45) is 0 Å². The Morgan fingerprint density at radius 1 is 1.22 bits per heavy atom. The van der Waals surface area contributed by atoms with Crippen molar-refractivity contribution >= 4 is 11.3 Å². The fourth-order valence-electron chi connectivity index (χ4n) is 3.36. The first-order valence-electron chi connectivity index (χ1n) is 9.02. The number of halogens is 1. The molecule has 0 bridgehead atoms. The van der Waals surface area contributed by atoms with Gasteiger partial charge in [-0.1, -0.05) is 24.8 Å². The van der Waals surface area contributed by atoms with Crippen LogP contribution in [0.25, 0.3) is 5.57 Å². The summed E-state index contributed by atoms with van der Waals surface area (Å²) < 4.78 is 19.8. The normalized spacial score (nSPS) is 19.6. The van der Waals surface area contributed by atoms with Gasteiger partial charge in [-0.3, -0.25) is 0 Å². The second-order valence-corrected chi connectivity index (χ2v) is 7.03. The first kappa shape index (κ1) is 20.5. The molecule has 1 aliphatic heterocycles. The third-order valence-corrected chi connectivity index (χ3v) is 4.87. The van der Waals surface area contributed by atoms with E-state index in [9.17, 15) is 4.39 Å². The van der Waals surface area contributed by atoms with Crippen molar-refractivity contribution in [3.63, 3.8) is 0 Å². The summed E-state index contributed by atoms with van der Waals surface area (Å²) >= 11 is 0. The summed E-state index contributed by atoms with van der Waals surface area (Å²) in [5, 5.41) is 0. The topological polar surface area (TPSA) is 35.2 Å². The lowest BCUT2D eigenvalue weighted by atomic mass is 9.86. The van der Waals surface area contributed by atoms with Crippen molar-refractivity contribution in [2.75, 3.05) is 5.73 Å². The van der Waals surface area contributed by atoms with Gasteiger partial charge in [0, 0.05) is 22.4 Å². The minimum atomic E-state index is -0.427. The first-order chi connectivity index (χ1) is 12.8. The van der Waals surface area contributed by atoms with E-state index in [-0.39, 0.29) is 5.82 Å². The Bertz CT molecular complexity index is 868. The summed E-state index contributed by atoms with van der Waals surface area (Å²) in [5.41, 5.74) is 11.4. The standard InChI is InChI=1S/C22H24FNO.C2H4/c1-5-15-6-8-16(9-7-15)19-13-21(25-22(19,3)4)14(2)18-12-17(23)10-11-20(18)24;1-2/h5-6,8,10-13H,1,7,9,24H2,2-4H3;1-2H2/b21-14-;. The average molecular weight is 365 g/mol. The third-order valence-electron chi connectivity index (χ3n) is 4.87. The van der Waals surface area contributed by atoms with Crippen LogP contribution in [0.4, 0.5) is 10.1 Å². The van der Waals surface area contributed by atoms with E-state index in [2.05, 4.69) is 51.8 Å². The summed E-state index contributed by atoms with van der Waals surface area (Å²) in [6.07, 6.45) is 10.2. The Morgan fingerprint density at radius 2 is 1.93 bits per heavy atom. The second-order valence-electron chi connectivity index (χ2n) is 7.03. The zero-order valence-corrected chi connectivity index (χ0v) is 16.4. The van der Waals surface area contributed by atoms with Crippen LogP contribution in [0, 0.1) is 5.82 Å². The van der Waals surface area contributed by atoms with Crippen LogP contribution >= 0.6 is 0 Å².